The number of nitrogens with zero attached hydrogens (tertiary/aromatic N) is 4. The van der Waals surface area contributed by atoms with E-state index in [4.69, 9.17) is 30.5 Å². The third-order valence-electron chi connectivity index (χ3n) is 2.69. The van der Waals surface area contributed by atoms with E-state index in [-0.39, 0.29) is 0 Å². The van der Waals surface area contributed by atoms with Crippen LogP contribution in [0.5, 0.6) is 0 Å². The van der Waals surface area contributed by atoms with Crippen molar-refractivity contribution in [2.24, 2.45) is 5.92 Å². The average Bonchev–Trinajstić information content (AvgIpc) is 2.90. The summed E-state index contributed by atoms with van der Waals surface area (Å²) in [6, 6.07) is 6.75. The highest BCUT2D eigenvalue weighted by atomic mass is 16.6. The maximum atomic E-state index is 8.98. The second-order valence-electron chi connectivity index (χ2n) is 3.43. The van der Waals surface area contributed by atoms with Crippen LogP contribution in [-0.2, 0) is 9.47 Å². The van der Waals surface area contributed by atoms with Crippen molar-refractivity contribution in [3.05, 3.63) is 12.3 Å². The molecule has 0 radical (unpaired) electrons. The van der Waals surface area contributed by atoms with E-state index < -0.39 is 23.2 Å². The van der Waals surface area contributed by atoms with Gasteiger partial charge in [0.25, 0.3) is 11.2 Å². The molecule has 0 amide bonds. The van der Waals surface area contributed by atoms with Gasteiger partial charge in [-0.25, -0.2) is 0 Å². The number of rotatable bonds is 0. The summed E-state index contributed by atoms with van der Waals surface area (Å²) in [5, 5.41) is 35.9. The summed E-state index contributed by atoms with van der Waals surface area (Å²) in [6.45, 7) is 0. The Morgan fingerprint density at radius 3 is 2.00 bits per heavy atom. The molecular weight excluding hydrogens is 208 g/mol. The quantitative estimate of drug-likeness (QED) is 0.563. The maximum absolute atomic E-state index is 8.98. The van der Waals surface area contributed by atoms with Crippen LogP contribution in [0.15, 0.2) is 12.3 Å². The van der Waals surface area contributed by atoms with Crippen molar-refractivity contribution in [3.8, 4) is 24.3 Å². The van der Waals surface area contributed by atoms with Gasteiger partial charge >= 0.3 is 0 Å². The first-order valence-corrected chi connectivity index (χ1v) is 4.35. The summed E-state index contributed by atoms with van der Waals surface area (Å²) in [5.74, 6) is -0.721. The Bertz CT molecular complexity index is 497. The average molecular weight is 212 g/mol. The molecule has 2 aliphatic rings. The van der Waals surface area contributed by atoms with Gasteiger partial charge in [0.15, 0.2) is 6.10 Å². The van der Waals surface area contributed by atoms with E-state index in [1.807, 2.05) is 0 Å². The van der Waals surface area contributed by atoms with Crippen molar-refractivity contribution in [1.82, 2.24) is 0 Å². The molecule has 1 fully saturated rings. The van der Waals surface area contributed by atoms with E-state index in [1.165, 1.54) is 12.3 Å². The lowest BCUT2D eigenvalue weighted by Gasteiger charge is -2.17. The minimum Gasteiger partial charge on any atom is -0.492 e. The van der Waals surface area contributed by atoms with E-state index in [9.17, 15) is 0 Å². The summed E-state index contributed by atoms with van der Waals surface area (Å²) in [4.78, 5) is 0. The van der Waals surface area contributed by atoms with Gasteiger partial charge in [-0.15, -0.1) is 0 Å². The van der Waals surface area contributed by atoms with Crippen LogP contribution in [0.1, 0.15) is 0 Å². The predicted octanol–water partition coefficient (Wildman–Crippen LogP) is 0.117. The molecule has 0 aliphatic carbocycles. The molecule has 0 saturated carbocycles. The molecular formula is C10H4N4O2. The third kappa shape index (κ3) is 0.894. The lowest BCUT2D eigenvalue weighted by atomic mass is 9.85. The van der Waals surface area contributed by atoms with E-state index in [0.717, 1.165) is 0 Å². The fraction of sp³-hybridized carbons (Fsp3) is 0.400. The fourth-order valence-electron chi connectivity index (χ4n) is 1.90. The molecule has 76 valence electrons. The Balaban J connectivity index is 2.57. The van der Waals surface area contributed by atoms with Crippen LogP contribution in [0.25, 0.3) is 0 Å². The molecule has 0 aromatic heterocycles. The molecule has 2 heterocycles. The van der Waals surface area contributed by atoms with Crippen LogP contribution >= 0.6 is 0 Å². The number of ether oxygens (including phenoxy) is 2. The molecule has 6 heteroatoms. The third-order valence-corrected chi connectivity index (χ3v) is 2.69. The topological polar surface area (TPSA) is 114 Å². The molecule has 2 atom stereocenters. The van der Waals surface area contributed by atoms with Gasteiger partial charge in [-0.05, 0) is 6.08 Å². The highest BCUT2D eigenvalue weighted by Gasteiger charge is 2.67. The fourth-order valence-corrected chi connectivity index (χ4v) is 1.90. The van der Waals surface area contributed by atoms with Crippen molar-refractivity contribution < 1.29 is 9.47 Å². The van der Waals surface area contributed by atoms with E-state index in [1.54, 1.807) is 24.3 Å². The van der Waals surface area contributed by atoms with Gasteiger partial charge in [0.1, 0.15) is 24.3 Å². The van der Waals surface area contributed by atoms with Crippen molar-refractivity contribution in [3.63, 3.8) is 0 Å². The zero-order valence-corrected chi connectivity index (χ0v) is 7.91. The summed E-state index contributed by atoms with van der Waals surface area (Å²) >= 11 is 0. The van der Waals surface area contributed by atoms with E-state index in [0.29, 0.717) is 0 Å². The Kier molecular flexibility index (Phi) is 1.86. The minimum atomic E-state index is -1.90. The van der Waals surface area contributed by atoms with Gasteiger partial charge in [-0.3, -0.25) is 0 Å². The summed E-state index contributed by atoms with van der Waals surface area (Å²) in [6.07, 6.45) is 1.82. The van der Waals surface area contributed by atoms with Crippen LogP contribution in [0.3, 0.4) is 0 Å². The second-order valence-corrected chi connectivity index (χ2v) is 3.43. The molecule has 0 bridgehead atoms. The predicted molar refractivity (Wildman–Crippen MR) is 46.5 cm³/mol. The molecule has 1 saturated heterocycles. The van der Waals surface area contributed by atoms with Crippen molar-refractivity contribution in [2.45, 2.75) is 17.3 Å². The summed E-state index contributed by atoms with van der Waals surface area (Å²) in [7, 11) is 0. The number of nitriles is 4. The zero-order valence-electron chi connectivity index (χ0n) is 7.91. The molecule has 2 rings (SSSR count). The first-order valence-electron chi connectivity index (χ1n) is 4.35. The Labute approximate surface area is 91.1 Å². The molecule has 2 aliphatic heterocycles. The smallest absolute Gasteiger partial charge is 0.281 e. The molecule has 0 aromatic rings. The normalized spacial score (nSPS) is 31.2. The minimum absolute atomic E-state index is 0.721. The monoisotopic (exact) mass is 212 g/mol. The SMILES string of the molecule is N#CC1(C#N)OC(C#N)(C#N)[C@H]2C=CO[C@H]21. The number of hydrogen-bond acceptors (Lipinski definition) is 6. The zero-order chi connectivity index (χ0) is 11.8. The van der Waals surface area contributed by atoms with Crippen LogP contribution in [0.2, 0.25) is 0 Å². The van der Waals surface area contributed by atoms with Gasteiger partial charge in [0, 0.05) is 0 Å². The summed E-state index contributed by atoms with van der Waals surface area (Å²) < 4.78 is 10.2. The Hall–Kier alpha value is -2.54. The molecule has 6 nitrogen and oxygen atoms in total. The maximum Gasteiger partial charge on any atom is 0.281 e. The van der Waals surface area contributed by atoms with Crippen LogP contribution in [0, 0.1) is 51.2 Å². The van der Waals surface area contributed by atoms with Gasteiger partial charge in [0.2, 0.25) is 0 Å². The standard InChI is InChI=1S/C10H4N4O2/c11-3-9(4-12)7-1-2-15-8(7)10(5-13,6-14)16-9/h1-2,7-8H/t7-,8+/m0/s1. The summed E-state index contributed by atoms with van der Waals surface area (Å²) in [5.41, 5.74) is -3.73. The first kappa shape index (κ1) is 9.99. The molecule has 0 unspecified atom stereocenters. The molecule has 0 N–H and O–H groups in total. The lowest BCUT2D eigenvalue weighted by molar-refractivity contribution is -0.0164. The van der Waals surface area contributed by atoms with Crippen LogP contribution < -0.4 is 0 Å². The highest BCUT2D eigenvalue weighted by molar-refractivity contribution is 5.40. The number of fused-ring (bicyclic) bond motifs is 1. The van der Waals surface area contributed by atoms with Crippen molar-refractivity contribution in [2.75, 3.05) is 0 Å². The van der Waals surface area contributed by atoms with Gasteiger partial charge in [-0.2, -0.15) is 21.0 Å². The Morgan fingerprint density at radius 1 is 0.938 bits per heavy atom. The largest absolute Gasteiger partial charge is 0.492 e. The Morgan fingerprint density at radius 2 is 1.50 bits per heavy atom. The van der Waals surface area contributed by atoms with Gasteiger partial charge < -0.3 is 9.47 Å². The van der Waals surface area contributed by atoms with E-state index >= 15 is 0 Å². The molecule has 16 heavy (non-hydrogen) atoms. The molecule has 0 aromatic carbocycles. The highest BCUT2D eigenvalue weighted by Crippen LogP contribution is 2.46. The first-order chi connectivity index (χ1) is 7.68. The molecule has 0 spiro atoms. The number of hydrogen-bond donors (Lipinski definition) is 0. The van der Waals surface area contributed by atoms with Gasteiger partial charge in [-0.1, -0.05) is 0 Å². The van der Waals surface area contributed by atoms with Crippen LogP contribution in [-0.4, -0.2) is 17.3 Å². The lowest BCUT2D eigenvalue weighted by Crippen LogP contribution is -2.38. The second kappa shape index (κ2) is 2.97. The van der Waals surface area contributed by atoms with Crippen LogP contribution in [0.4, 0.5) is 0 Å². The van der Waals surface area contributed by atoms with Crippen molar-refractivity contribution in [1.29, 1.82) is 21.0 Å². The van der Waals surface area contributed by atoms with Crippen molar-refractivity contribution >= 4 is 0 Å². The van der Waals surface area contributed by atoms with Gasteiger partial charge in [0.05, 0.1) is 12.2 Å². The van der Waals surface area contributed by atoms with E-state index in [2.05, 4.69) is 0 Å².